The molecule has 1 atom stereocenters. The van der Waals surface area contributed by atoms with Crippen LogP contribution in [0.15, 0.2) is 79.1 Å². The summed E-state index contributed by atoms with van der Waals surface area (Å²) >= 11 is 0. The van der Waals surface area contributed by atoms with E-state index in [1.165, 1.54) is 12.1 Å². The predicted octanol–water partition coefficient (Wildman–Crippen LogP) is 3.24. The zero-order valence-electron chi connectivity index (χ0n) is 27.2. The fraction of sp³-hybridized carbons (Fsp3) is 0.0857. The van der Waals surface area contributed by atoms with Crippen LogP contribution in [0.25, 0.3) is 44.6 Å². The van der Waals surface area contributed by atoms with Crippen LogP contribution in [0.1, 0.15) is 12.8 Å². The topological polar surface area (TPSA) is 363 Å². The largest absolute Gasteiger partial charge is 0.508 e. The second-order valence-corrected chi connectivity index (χ2v) is 11.2. The molecular weight excluding hydrogens is 722 g/mol. The normalized spacial score (nSPS) is 11.2. The van der Waals surface area contributed by atoms with E-state index in [4.69, 9.17) is 24.8 Å². The van der Waals surface area contributed by atoms with Crippen molar-refractivity contribution in [3.8, 4) is 80.1 Å². The molecule has 0 fully saturated rings. The first kappa shape index (κ1) is 39.0. The van der Waals surface area contributed by atoms with E-state index in [0.29, 0.717) is 0 Å². The summed E-state index contributed by atoms with van der Waals surface area (Å²) in [7, 11) is 0. The molecule has 282 valence electrons. The molecule has 0 aliphatic heterocycles. The maximum absolute atomic E-state index is 12.1. The predicted molar refractivity (Wildman–Crippen MR) is 185 cm³/mol. The van der Waals surface area contributed by atoms with E-state index in [0.717, 1.165) is 48.5 Å². The highest BCUT2D eigenvalue weighted by molar-refractivity contribution is 5.89. The van der Waals surface area contributed by atoms with E-state index >= 15 is 0 Å². The lowest BCUT2D eigenvalue weighted by Gasteiger charge is -2.08. The summed E-state index contributed by atoms with van der Waals surface area (Å²) < 4.78 is 10.7. The average molecular weight is 752 g/mol. The molecule has 2 heterocycles. The Kier molecular flexibility index (Phi) is 11.3. The Morgan fingerprint density at radius 1 is 0.556 bits per heavy atom. The third-order valence-electron chi connectivity index (χ3n) is 7.33. The third-order valence-corrected chi connectivity index (χ3v) is 7.33. The van der Waals surface area contributed by atoms with Gasteiger partial charge in [-0.25, -0.2) is 0 Å². The Balaban J connectivity index is 0.000000194. The van der Waals surface area contributed by atoms with Gasteiger partial charge >= 0.3 is 11.9 Å². The number of aromatic hydroxyl groups is 10. The molecule has 14 N–H and O–H groups in total. The molecule has 54 heavy (non-hydrogen) atoms. The van der Waals surface area contributed by atoms with Crippen molar-refractivity contribution in [3.63, 3.8) is 0 Å². The molecule has 0 spiro atoms. The first-order valence-corrected chi connectivity index (χ1v) is 15.0. The number of hydrogen-bond donors (Lipinski definition) is 13. The minimum Gasteiger partial charge on any atom is -0.508 e. The van der Waals surface area contributed by atoms with Crippen LogP contribution >= 0.6 is 0 Å². The Morgan fingerprint density at radius 3 is 1.28 bits per heavy atom. The van der Waals surface area contributed by atoms with Crippen molar-refractivity contribution in [1.82, 2.24) is 0 Å². The number of phenolic OH excluding ortho intramolecular Hbond substituents is 8. The molecule has 0 amide bonds. The molecule has 0 radical (unpaired) electrons. The Labute approximate surface area is 299 Å². The van der Waals surface area contributed by atoms with Crippen LogP contribution < -0.4 is 16.6 Å². The van der Waals surface area contributed by atoms with Gasteiger partial charge in [0, 0.05) is 41.8 Å². The number of carboxylic acids is 2. The van der Waals surface area contributed by atoms with Gasteiger partial charge in [-0.2, -0.15) is 0 Å². The number of hydrogen-bond acceptors (Lipinski definition) is 17. The van der Waals surface area contributed by atoms with Gasteiger partial charge in [0.05, 0.1) is 0 Å². The van der Waals surface area contributed by atoms with Gasteiger partial charge in [-0.1, -0.05) is 0 Å². The van der Waals surface area contributed by atoms with Crippen LogP contribution in [0.5, 0.6) is 57.5 Å². The summed E-state index contributed by atoms with van der Waals surface area (Å²) in [5.41, 5.74) is 3.22. The molecule has 0 saturated heterocycles. The summed E-state index contributed by atoms with van der Waals surface area (Å²) in [6, 6.07) is 10.2. The fourth-order valence-electron chi connectivity index (χ4n) is 4.67. The number of phenols is 8. The van der Waals surface area contributed by atoms with Crippen LogP contribution in [0.3, 0.4) is 0 Å². The molecule has 4 aromatic carbocycles. The van der Waals surface area contributed by atoms with Crippen LogP contribution in [0.2, 0.25) is 0 Å². The smallest absolute Gasteiger partial charge is 0.320 e. The SMILES string of the molecule is N[C@@H](CCC(=O)O)C(=O)O.O=c1c(O)c(-c2ccc(O)c(O)c2)oc2cc(O)cc(O)c12.O=c1c(O)c(-c2ccc(O)c(O)c2)oc2cc(O)cc(O)c12. The minimum absolute atomic E-state index is 0.0231. The molecule has 0 aliphatic rings. The van der Waals surface area contributed by atoms with Crippen molar-refractivity contribution in [1.29, 1.82) is 0 Å². The summed E-state index contributed by atoms with van der Waals surface area (Å²) in [5, 5.41) is 112. The monoisotopic (exact) mass is 751 g/mol. The summed E-state index contributed by atoms with van der Waals surface area (Å²) in [4.78, 5) is 44.2. The lowest BCUT2D eigenvalue weighted by molar-refractivity contribution is -0.139. The van der Waals surface area contributed by atoms with Gasteiger partial charge in [-0.05, 0) is 42.8 Å². The number of nitrogens with two attached hydrogens (primary N) is 1. The van der Waals surface area contributed by atoms with Crippen LogP contribution in [0.4, 0.5) is 0 Å². The number of aliphatic carboxylic acids is 2. The van der Waals surface area contributed by atoms with E-state index in [-0.39, 0.29) is 80.4 Å². The fourth-order valence-corrected chi connectivity index (χ4v) is 4.67. The first-order chi connectivity index (χ1) is 25.3. The van der Waals surface area contributed by atoms with Crippen molar-refractivity contribution in [2.45, 2.75) is 18.9 Å². The van der Waals surface area contributed by atoms with Crippen LogP contribution in [-0.4, -0.2) is 79.3 Å². The summed E-state index contributed by atoms with van der Waals surface area (Å²) in [6.45, 7) is 0. The highest BCUT2D eigenvalue weighted by Gasteiger charge is 2.21. The van der Waals surface area contributed by atoms with E-state index in [9.17, 15) is 70.2 Å². The Morgan fingerprint density at radius 2 is 0.944 bits per heavy atom. The number of carbonyl (C=O) groups is 2. The molecule has 2 aromatic heterocycles. The molecule has 6 rings (SSSR count). The zero-order chi connectivity index (χ0) is 40.2. The molecule has 6 aromatic rings. The van der Waals surface area contributed by atoms with Gasteiger partial charge in [-0.3, -0.25) is 19.2 Å². The van der Waals surface area contributed by atoms with E-state index in [2.05, 4.69) is 0 Å². The maximum Gasteiger partial charge on any atom is 0.320 e. The molecule has 0 unspecified atom stereocenters. The molecule has 19 nitrogen and oxygen atoms in total. The molecule has 0 bridgehead atoms. The van der Waals surface area contributed by atoms with Gasteiger partial charge in [0.2, 0.25) is 22.4 Å². The lowest BCUT2D eigenvalue weighted by atomic mass is 10.1. The second-order valence-electron chi connectivity index (χ2n) is 11.2. The van der Waals surface area contributed by atoms with Crippen molar-refractivity contribution < 1.29 is 79.7 Å². The molecule has 0 aliphatic carbocycles. The Bertz CT molecular complexity index is 2380. The van der Waals surface area contributed by atoms with Gasteiger partial charge in [0.15, 0.2) is 34.5 Å². The molecule has 19 heteroatoms. The maximum atomic E-state index is 12.1. The number of rotatable bonds is 6. The first-order valence-electron chi connectivity index (χ1n) is 15.0. The molecular formula is C35H29NO18. The van der Waals surface area contributed by atoms with Crippen LogP contribution in [-0.2, 0) is 9.59 Å². The van der Waals surface area contributed by atoms with Crippen molar-refractivity contribution in [2.24, 2.45) is 5.73 Å². The minimum atomic E-state index is -1.17. The number of carboxylic acid groups (broad SMARTS) is 2. The van der Waals surface area contributed by atoms with E-state index < -0.39 is 63.3 Å². The van der Waals surface area contributed by atoms with Crippen molar-refractivity contribution in [3.05, 3.63) is 81.1 Å². The highest BCUT2D eigenvalue weighted by atomic mass is 16.4. The second kappa shape index (κ2) is 15.6. The summed E-state index contributed by atoms with van der Waals surface area (Å²) in [5.74, 6) is -7.62. The summed E-state index contributed by atoms with van der Waals surface area (Å²) in [6.07, 6.45) is -0.224. The van der Waals surface area contributed by atoms with Gasteiger partial charge in [-0.15, -0.1) is 0 Å². The number of benzene rings is 4. The van der Waals surface area contributed by atoms with Gasteiger partial charge < -0.3 is 75.8 Å². The highest BCUT2D eigenvalue weighted by Crippen LogP contribution is 2.39. The zero-order valence-corrected chi connectivity index (χ0v) is 27.2. The average Bonchev–Trinajstić information content (AvgIpc) is 3.09. The van der Waals surface area contributed by atoms with E-state index in [1.54, 1.807) is 0 Å². The number of fused-ring (bicyclic) bond motifs is 2. The quantitative estimate of drug-likeness (QED) is 0.109. The van der Waals surface area contributed by atoms with Gasteiger partial charge in [0.1, 0.15) is 51.0 Å². The standard InChI is InChI=1S/2C15H10O7.C5H9NO4/c2*16-7-4-10(19)12-11(5-7)22-15(14(21)13(12)20)6-1-2-8(17)9(18)3-6;6-3(5(9)10)1-2-4(7)8/h2*1-5,16-19,21H;3H,1-2,6H2,(H,7,8)(H,9,10)/t;;3-/m..0/s1. The third kappa shape index (κ3) is 8.38. The van der Waals surface area contributed by atoms with Gasteiger partial charge in [0.25, 0.3) is 0 Å². The molecule has 0 saturated carbocycles. The lowest BCUT2D eigenvalue weighted by Crippen LogP contribution is -2.30. The van der Waals surface area contributed by atoms with Crippen molar-refractivity contribution in [2.75, 3.05) is 0 Å². The van der Waals surface area contributed by atoms with E-state index in [1.807, 2.05) is 0 Å². The Hall–Kier alpha value is -7.80. The van der Waals surface area contributed by atoms with Crippen molar-refractivity contribution >= 4 is 33.9 Å². The van der Waals surface area contributed by atoms with Crippen LogP contribution in [0, 0.1) is 0 Å².